The number of aliphatic hydroxyl groups is 1. The number of hydrogen-bond acceptors (Lipinski definition) is 17. The third-order valence-electron chi connectivity index (χ3n) is 13.2. The molecule has 0 unspecified atom stereocenters. The van der Waals surface area contributed by atoms with E-state index in [1.807, 2.05) is 0 Å². The summed E-state index contributed by atoms with van der Waals surface area (Å²) in [5.74, 6) is -14.7. The lowest BCUT2D eigenvalue weighted by atomic mass is 9.97. The number of guanidine groups is 2. The summed E-state index contributed by atoms with van der Waals surface area (Å²) in [7, 11) is 0. The van der Waals surface area contributed by atoms with Gasteiger partial charge in [-0.15, -0.1) is 0 Å². The van der Waals surface area contributed by atoms with Crippen molar-refractivity contribution in [1.29, 1.82) is 10.8 Å². The van der Waals surface area contributed by atoms with E-state index < -0.39 is 169 Å². The lowest BCUT2D eigenvalue weighted by Gasteiger charge is -2.27. The minimum absolute atomic E-state index is 0.0157. The number of carboxylic acid groups (broad SMARTS) is 2. The average Bonchev–Trinajstić information content (AvgIpc) is 3.57. The number of carboxylic acids is 2. The van der Waals surface area contributed by atoms with Crippen LogP contribution in [-0.4, -0.2) is 191 Å². The Morgan fingerprint density at radius 2 is 0.897 bits per heavy atom. The Kier molecular flexibility index (Phi) is 35.0. The summed E-state index contributed by atoms with van der Waals surface area (Å²) in [5, 5.41) is 73.3. The summed E-state index contributed by atoms with van der Waals surface area (Å²) in [4.78, 5) is 171. The molecule has 34 heteroatoms. The van der Waals surface area contributed by atoms with E-state index in [0.29, 0.717) is 18.4 Å². The summed E-state index contributed by atoms with van der Waals surface area (Å²) >= 11 is 0. The van der Waals surface area contributed by atoms with Crippen molar-refractivity contribution >= 4 is 88.8 Å². The number of carbonyl (C=O) groups is 13. The first-order chi connectivity index (χ1) is 40.9. The molecule has 0 fully saturated rings. The van der Waals surface area contributed by atoms with E-state index in [4.69, 9.17) is 33.8 Å². The van der Waals surface area contributed by atoms with Gasteiger partial charge in [-0.25, -0.2) is 0 Å². The molecule has 0 saturated heterocycles. The third-order valence-corrected chi connectivity index (χ3v) is 13.2. The van der Waals surface area contributed by atoms with Crippen molar-refractivity contribution in [3.63, 3.8) is 0 Å². The Hall–Kier alpha value is -9.21. The van der Waals surface area contributed by atoms with Crippen molar-refractivity contribution < 1.29 is 77.6 Å². The van der Waals surface area contributed by atoms with Crippen LogP contribution in [0.5, 0.6) is 0 Å². The Labute approximate surface area is 502 Å². The van der Waals surface area contributed by atoms with E-state index in [1.165, 1.54) is 6.92 Å². The van der Waals surface area contributed by atoms with Gasteiger partial charge in [-0.2, -0.15) is 0 Å². The van der Waals surface area contributed by atoms with Crippen LogP contribution >= 0.6 is 0 Å². The first kappa shape index (κ1) is 75.8. The number of aliphatic carboxylic acids is 2. The van der Waals surface area contributed by atoms with Crippen molar-refractivity contribution in [2.75, 3.05) is 26.2 Å². The zero-order valence-corrected chi connectivity index (χ0v) is 49.5. The van der Waals surface area contributed by atoms with Crippen molar-refractivity contribution in [3.8, 4) is 0 Å². The molecule has 11 amide bonds. The molecule has 34 nitrogen and oxygen atoms in total. The number of nitrogens with one attached hydrogen (secondary N) is 14. The van der Waals surface area contributed by atoms with E-state index in [-0.39, 0.29) is 76.9 Å². The van der Waals surface area contributed by atoms with Crippen molar-refractivity contribution in [2.24, 2.45) is 28.9 Å². The molecule has 0 radical (unpaired) electrons. The van der Waals surface area contributed by atoms with Crippen LogP contribution in [0.2, 0.25) is 0 Å². The van der Waals surface area contributed by atoms with Gasteiger partial charge in [-0.05, 0) is 83.2 Å². The predicted octanol–water partition coefficient (Wildman–Crippen LogP) is -6.34. The van der Waals surface area contributed by atoms with Gasteiger partial charge < -0.3 is 102 Å². The van der Waals surface area contributed by atoms with E-state index in [2.05, 4.69) is 63.8 Å². The van der Waals surface area contributed by atoms with Gasteiger partial charge in [0.25, 0.3) is 0 Å². The van der Waals surface area contributed by atoms with Crippen LogP contribution in [0.25, 0.3) is 0 Å². The molecule has 0 aromatic heterocycles. The summed E-state index contributed by atoms with van der Waals surface area (Å²) in [6.07, 6.45) is -1.20. The second-order valence-electron chi connectivity index (χ2n) is 20.5. The van der Waals surface area contributed by atoms with Crippen LogP contribution in [0.3, 0.4) is 0 Å². The van der Waals surface area contributed by atoms with Crippen LogP contribution in [0.4, 0.5) is 0 Å². The van der Waals surface area contributed by atoms with Gasteiger partial charge in [0.2, 0.25) is 65.0 Å². The second kappa shape index (κ2) is 40.2. The van der Waals surface area contributed by atoms with E-state index in [9.17, 15) is 77.6 Å². The number of hydrogen-bond donors (Lipinski definition) is 21. The van der Waals surface area contributed by atoms with Crippen LogP contribution in [0.1, 0.15) is 111 Å². The first-order valence-electron chi connectivity index (χ1n) is 28.2. The van der Waals surface area contributed by atoms with E-state index >= 15 is 0 Å². The van der Waals surface area contributed by atoms with Gasteiger partial charge in [-0.3, -0.25) is 73.1 Å². The number of amides is 11. The molecule has 0 aliphatic carbocycles. The fraction of sp³-hybridized carbons (Fsp3) is 0.604. The van der Waals surface area contributed by atoms with Crippen molar-refractivity contribution in [1.82, 2.24) is 63.8 Å². The zero-order chi connectivity index (χ0) is 65.9. The maximum Gasteiger partial charge on any atom is 0.305 e. The summed E-state index contributed by atoms with van der Waals surface area (Å²) < 4.78 is 0. The summed E-state index contributed by atoms with van der Waals surface area (Å²) in [6.45, 7) is 5.99. The lowest BCUT2D eigenvalue weighted by Crippen LogP contribution is -2.61. The molecule has 0 bridgehead atoms. The van der Waals surface area contributed by atoms with Gasteiger partial charge in [0.1, 0.15) is 60.4 Å². The molecule has 0 aliphatic heterocycles. The van der Waals surface area contributed by atoms with Crippen molar-refractivity contribution in [3.05, 3.63) is 35.9 Å². The maximum atomic E-state index is 14.2. The normalized spacial score (nSPS) is 14.6. The number of unbranched alkanes of at least 4 members (excludes halogenated alkanes) is 1. The standard InChI is InChI=1S/C53H88N18O16/c1-6-27(2)41(42(55)78)71-50(86)36(24-31-14-8-7-9-15-31)68-43(79)28(3)62-49(85)37(25-40(76)77)69-44(80)29(4)63-51(87)38(26-72)70-47(83)34(18-13-23-61-53(58)59)67-46(82)33(17-12-22-60-52(56)57)66-45(81)32(16-10-11-21-54)65-48(84)35(64-30(5)73)19-20-39(74)75/h7-9,14-15,27-29,32-38,41,72H,6,10-13,16-26,54H2,1-5H3,(H2,55,78)(H,62,85)(H,63,87)(H,64,73)(H,65,84)(H,66,81)(H,67,82)(H,68,79)(H,69,80)(H,70,83)(H,71,86)(H,74,75)(H,76,77)(H4,56,57,60)(H4,58,59,61)/t27-,28-,29-,32-,33-,34-,35-,36-,37-,38-,41-/m0/s1. The zero-order valence-electron chi connectivity index (χ0n) is 49.5. The molecule has 1 aromatic rings. The molecule has 1 rings (SSSR count). The minimum atomic E-state index is -1.88. The predicted molar refractivity (Wildman–Crippen MR) is 313 cm³/mol. The number of primary amides is 1. The minimum Gasteiger partial charge on any atom is -0.481 e. The van der Waals surface area contributed by atoms with Gasteiger partial charge in [0.05, 0.1) is 13.0 Å². The average molecular weight is 1230 g/mol. The fourth-order valence-corrected chi connectivity index (χ4v) is 8.20. The van der Waals surface area contributed by atoms with Gasteiger partial charge in [0, 0.05) is 32.9 Å². The van der Waals surface area contributed by atoms with Gasteiger partial charge in [0.15, 0.2) is 11.9 Å². The number of aliphatic hydroxyl groups excluding tert-OH is 1. The SMILES string of the molecule is CC[C@H](C)[C@H](NC(=O)[C@H](Cc1ccccc1)NC(=O)[C@H](C)NC(=O)[C@H](CC(=O)O)NC(=O)[C@H](C)NC(=O)[C@H](CO)NC(=O)[C@H](CCCNC(=N)N)NC(=O)[C@H](CCCNC(=N)N)NC(=O)[C@H](CCCCN)NC(=O)[C@H](CCC(=O)O)NC(C)=O)C(N)=O. The van der Waals surface area contributed by atoms with E-state index in [0.717, 1.165) is 13.8 Å². The van der Waals surface area contributed by atoms with Crippen molar-refractivity contribution in [2.45, 2.75) is 172 Å². The first-order valence-corrected chi connectivity index (χ1v) is 28.2. The van der Waals surface area contributed by atoms with E-state index in [1.54, 1.807) is 44.2 Å². The highest BCUT2D eigenvalue weighted by Crippen LogP contribution is 2.12. The monoisotopic (exact) mass is 1230 g/mol. The maximum absolute atomic E-state index is 14.2. The van der Waals surface area contributed by atoms with Gasteiger partial charge in [-0.1, -0.05) is 50.6 Å². The lowest BCUT2D eigenvalue weighted by molar-refractivity contribution is -0.141. The number of benzene rings is 1. The highest BCUT2D eigenvalue weighted by molar-refractivity contribution is 5.99. The molecule has 0 aliphatic rings. The molecule has 486 valence electrons. The van der Waals surface area contributed by atoms with Crippen LogP contribution in [-0.2, 0) is 68.7 Å². The highest BCUT2D eigenvalue weighted by Gasteiger charge is 2.35. The molecule has 0 saturated carbocycles. The van der Waals surface area contributed by atoms with Crippen LogP contribution < -0.4 is 86.7 Å². The molecule has 25 N–H and O–H groups in total. The quantitative estimate of drug-likeness (QED) is 0.0164. The molecule has 87 heavy (non-hydrogen) atoms. The number of nitrogens with two attached hydrogens (primary N) is 4. The number of rotatable bonds is 42. The molecule has 0 spiro atoms. The smallest absolute Gasteiger partial charge is 0.305 e. The summed E-state index contributed by atoms with van der Waals surface area (Å²) in [5.41, 5.74) is 22.7. The Morgan fingerprint density at radius 1 is 0.494 bits per heavy atom. The third kappa shape index (κ3) is 30.4. The fourth-order valence-electron chi connectivity index (χ4n) is 8.20. The molecular weight excluding hydrogens is 1140 g/mol. The number of carbonyl (C=O) groups excluding carboxylic acids is 11. The molecule has 1 aromatic carbocycles. The largest absolute Gasteiger partial charge is 0.481 e. The molecular formula is C53H88N18O16. The Morgan fingerprint density at radius 3 is 1.30 bits per heavy atom. The van der Waals surface area contributed by atoms with Gasteiger partial charge >= 0.3 is 11.9 Å². The highest BCUT2D eigenvalue weighted by atomic mass is 16.4. The Bertz CT molecular complexity index is 2540. The second-order valence-corrected chi connectivity index (χ2v) is 20.5. The van der Waals surface area contributed by atoms with Crippen LogP contribution in [0.15, 0.2) is 30.3 Å². The topological polar surface area (TPSA) is 579 Å². The Balaban J connectivity index is 3.40. The molecule has 0 heterocycles. The molecule has 11 atom stereocenters. The summed E-state index contributed by atoms with van der Waals surface area (Å²) in [6, 6.07) is -6.56. The van der Waals surface area contributed by atoms with Crippen LogP contribution in [0, 0.1) is 16.7 Å².